The van der Waals surface area contributed by atoms with Gasteiger partial charge in [-0.1, -0.05) is 41.9 Å². The van der Waals surface area contributed by atoms with Gasteiger partial charge in [0.15, 0.2) is 6.04 Å². The minimum absolute atomic E-state index is 0.0811. The summed E-state index contributed by atoms with van der Waals surface area (Å²) in [4.78, 5) is 16.4. The van der Waals surface area contributed by atoms with Gasteiger partial charge in [-0.05, 0) is 44.0 Å². The number of piperazine rings is 1. The van der Waals surface area contributed by atoms with Gasteiger partial charge in [0.05, 0.1) is 36.9 Å². The molecule has 0 aromatic heterocycles. The van der Waals surface area contributed by atoms with Gasteiger partial charge < -0.3 is 15.1 Å². The number of para-hydroxylation sites is 2. The maximum Gasteiger partial charge on any atom is 0.282 e. The van der Waals surface area contributed by atoms with Crippen molar-refractivity contribution in [3.05, 3.63) is 58.6 Å². The molecular weight excluding hydrogens is 346 g/mol. The molecule has 1 aliphatic rings. The SMILES string of the molecule is Cc1cccc(C)c1NC(=O)[C@H](C)[NH+]1CCN(c2ccccc2Cl)CC1. The van der Waals surface area contributed by atoms with Crippen molar-refractivity contribution in [1.29, 1.82) is 0 Å². The van der Waals surface area contributed by atoms with Crippen LogP contribution in [0.4, 0.5) is 11.4 Å². The van der Waals surface area contributed by atoms with Gasteiger partial charge in [-0.3, -0.25) is 4.79 Å². The zero-order valence-corrected chi connectivity index (χ0v) is 16.4. The second-order valence-electron chi connectivity index (χ2n) is 7.07. The van der Waals surface area contributed by atoms with Gasteiger partial charge in [0.2, 0.25) is 0 Å². The number of benzene rings is 2. The standard InChI is InChI=1S/C21H26ClN3O/c1-15-7-6-8-16(2)20(15)23-21(26)17(3)24-11-13-25(14-12-24)19-10-5-4-9-18(19)22/h4-10,17H,11-14H2,1-3H3,(H,23,26)/p+1/t17-/m0/s1. The number of nitrogens with one attached hydrogen (secondary N) is 2. The first kappa shape index (κ1) is 18.7. The lowest BCUT2D eigenvalue weighted by Crippen LogP contribution is -3.19. The Labute approximate surface area is 160 Å². The second-order valence-corrected chi connectivity index (χ2v) is 7.48. The maximum atomic E-state index is 12.8. The molecule has 2 N–H and O–H groups in total. The molecule has 1 aliphatic heterocycles. The van der Waals surface area contributed by atoms with Crippen LogP contribution in [0.5, 0.6) is 0 Å². The summed E-state index contributed by atoms with van der Waals surface area (Å²) < 4.78 is 0. The lowest BCUT2D eigenvalue weighted by Gasteiger charge is -2.36. The lowest BCUT2D eigenvalue weighted by atomic mass is 10.1. The number of hydrogen-bond acceptors (Lipinski definition) is 2. The van der Waals surface area contributed by atoms with Gasteiger partial charge >= 0.3 is 0 Å². The molecule has 0 radical (unpaired) electrons. The normalized spacial score (nSPS) is 16.4. The predicted octanol–water partition coefficient (Wildman–Crippen LogP) is 2.69. The van der Waals surface area contributed by atoms with E-state index in [2.05, 4.69) is 16.3 Å². The summed E-state index contributed by atoms with van der Waals surface area (Å²) in [5.74, 6) is 0.0867. The van der Waals surface area contributed by atoms with Crippen LogP contribution in [0.15, 0.2) is 42.5 Å². The monoisotopic (exact) mass is 372 g/mol. The van der Waals surface area contributed by atoms with Crippen molar-refractivity contribution in [2.75, 3.05) is 36.4 Å². The quantitative estimate of drug-likeness (QED) is 0.865. The summed E-state index contributed by atoms with van der Waals surface area (Å²) in [5.41, 5.74) is 4.23. The molecule has 1 atom stereocenters. The summed E-state index contributed by atoms with van der Waals surface area (Å²) >= 11 is 6.31. The fraction of sp³-hybridized carbons (Fsp3) is 0.381. The van der Waals surface area contributed by atoms with Crippen LogP contribution >= 0.6 is 11.6 Å². The fourth-order valence-electron chi connectivity index (χ4n) is 3.60. The average Bonchev–Trinajstić information content (AvgIpc) is 2.65. The molecule has 0 unspecified atom stereocenters. The average molecular weight is 373 g/mol. The zero-order valence-electron chi connectivity index (χ0n) is 15.7. The second kappa shape index (κ2) is 8.11. The highest BCUT2D eigenvalue weighted by molar-refractivity contribution is 6.33. The zero-order chi connectivity index (χ0) is 18.7. The number of carbonyl (C=O) groups excluding carboxylic acids is 1. The molecule has 1 saturated heterocycles. The molecule has 0 bridgehead atoms. The number of amides is 1. The van der Waals surface area contributed by atoms with Crippen molar-refractivity contribution in [1.82, 2.24) is 0 Å². The topological polar surface area (TPSA) is 36.8 Å². The highest BCUT2D eigenvalue weighted by Gasteiger charge is 2.30. The Morgan fingerprint density at radius 1 is 1.08 bits per heavy atom. The Hall–Kier alpha value is -2.04. The van der Waals surface area contributed by atoms with Crippen molar-refractivity contribution >= 4 is 28.9 Å². The van der Waals surface area contributed by atoms with E-state index in [-0.39, 0.29) is 11.9 Å². The van der Waals surface area contributed by atoms with E-state index < -0.39 is 0 Å². The highest BCUT2D eigenvalue weighted by atomic mass is 35.5. The number of rotatable bonds is 4. The molecule has 1 amide bonds. The molecule has 1 heterocycles. The van der Waals surface area contributed by atoms with Crippen molar-refractivity contribution < 1.29 is 9.69 Å². The van der Waals surface area contributed by atoms with Gasteiger partial charge in [-0.2, -0.15) is 0 Å². The smallest absolute Gasteiger partial charge is 0.282 e. The van der Waals surface area contributed by atoms with E-state index in [4.69, 9.17) is 11.6 Å². The van der Waals surface area contributed by atoms with E-state index in [0.29, 0.717) is 0 Å². The van der Waals surface area contributed by atoms with Gasteiger partial charge in [-0.15, -0.1) is 0 Å². The van der Waals surface area contributed by atoms with E-state index in [1.807, 2.05) is 57.2 Å². The van der Waals surface area contributed by atoms with Gasteiger partial charge in [0.1, 0.15) is 0 Å². The molecule has 3 rings (SSSR count). The molecule has 5 heteroatoms. The molecule has 2 aromatic rings. The van der Waals surface area contributed by atoms with Gasteiger partial charge in [0, 0.05) is 5.69 Å². The van der Waals surface area contributed by atoms with Crippen LogP contribution in [0.1, 0.15) is 18.1 Å². The molecular formula is C21H27ClN3O+. The van der Waals surface area contributed by atoms with Crippen LogP contribution in [0.3, 0.4) is 0 Å². The maximum absolute atomic E-state index is 12.8. The third kappa shape index (κ3) is 4.02. The van der Waals surface area contributed by atoms with E-state index in [9.17, 15) is 4.79 Å². The number of aryl methyl sites for hydroxylation is 2. The van der Waals surface area contributed by atoms with Crippen molar-refractivity contribution in [3.8, 4) is 0 Å². The Bertz CT molecular complexity index is 764. The lowest BCUT2D eigenvalue weighted by molar-refractivity contribution is -0.914. The number of anilines is 2. The molecule has 0 spiro atoms. The Kier molecular flexibility index (Phi) is 5.84. The Morgan fingerprint density at radius 2 is 1.69 bits per heavy atom. The molecule has 0 aliphatic carbocycles. The first-order valence-electron chi connectivity index (χ1n) is 9.18. The van der Waals surface area contributed by atoms with Crippen LogP contribution < -0.4 is 15.1 Å². The molecule has 26 heavy (non-hydrogen) atoms. The molecule has 0 saturated carbocycles. The van der Waals surface area contributed by atoms with Crippen molar-refractivity contribution in [2.24, 2.45) is 0 Å². The van der Waals surface area contributed by atoms with Crippen molar-refractivity contribution in [2.45, 2.75) is 26.8 Å². The van der Waals surface area contributed by atoms with Crippen LogP contribution in [-0.2, 0) is 4.79 Å². The number of quaternary nitrogens is 1. The largest absolute Gasteiger partial charge is 0.359 e. The van der Waals surface area contributed by atoms with E-state index in [0.717, 1.165) is 53.7 Å². The summed E-state index contributed by atoms with van der Waals surface area (Å²) in [6.07, 6.45) is 0. The molecule has 1 fully saturated rings. The number of halogens is 1. The van der Waals surface area contributed by atoms with E-state index >= 15 is 0 Å². The fourth-order valence-corrected chi connectivity index (χ4v) is 3.86. The van der Waals surface area contributed by atoms with Gasteiger partial charge in [0.25, 0.3) is 5.91 Å². The summed E-state index contributed by atoms with van der Waals surface area (Å²) in [7, 11) is 0. The van der Waals surface area contributed by atoms with Gasteiger partial charge in [-0.25, -0.2) is 0 Å². The summed E-state index contributed by atoms with van der Waals surface area (Å²) in [5, 5.41) is 3.92. The number of carbonyl (C=O) groups is 1. The highest BCUT2D eigenvalue weighted by Crippen LogP contribution is 2.25. The predicted molar refractivity (Wildman–Crippen MR) is 108 cm³/mol. The summed E-state index contributed by atoms with van der Waals surface area (Å²) in [6.45, 7) is 9.73. The first-order valence-corrected chi connectivity index (χ1v) is 9.56. The van der Waals surface area contributed by atoms with Crippen LogP contribution in [0.2, 0.25) is 5.02 Å². The van der Waals surface area contributed by atoms with Crippen LogP contribution in [0, 0.1) is 13.8 Å². The molecule has 4 nitrogen and oxygen atoms in total. The molecule has 2 aromatic carbocycles. The van der Waals surface area contributed by atoms with Crippen LogP contribution in [0.25, 0.3) is 0 Å². The van der Waals surface area contributed by atoms with E-state index in [1.54, 1.807) is 0 Å². The Balaban J connectivity index is 1.60. The Morgan fingerprint density at radius 3 is 2.31 bits per heavy atom. The first-order chi connectivity index (χ1) is 12.5. The van der Waals surface area contributed by atoms with Crippen molar-refractivity contribution in [3.63, 3.8) is 0 Å². The third-order valence-corrected chi connectivity index (χ3v) is 5.65. The minimum atomic E-state index is -0.0811. The number of nitrogens with zero attached hydrogens (tertiary/aromatic N) is 1. The minimum Gasteiger partial charge on any atom is -0.359 e. The number of hydrogen-bond donors (Lipinski definition) is 2. The van der Waals surface area contributed by atoms with E-state index in [1.165, 1.54) is 4.90 Å². The summed E-state index contributed by atoms with van der Waals surface area (Å²) in [6, 6.07) is 14.0. The molecule has 138 valence electrons. The third-order valence-electron chi connectivity index (χ3n) is 5.33. The van der Waals surface area contributed by atoms with Crippen LogP contribution in [-0.4, -0.2) is 38.1 Å².